The van der Waals surface area contributed by atoms with E-state index in [1.54, 1.807) is 31.2 Å². The Hall–Kier alpha value is -3.92. The molecule has 0 heterocycles. The van der Waals surface area contributed by atoms with Gasteiger partial charge in [-0.1, -0.05) is 54.6 Å². The first-order valence-electron chi connectivity index (χ1n) is 12.0. The number of hydrogen-bond acceptors (Lipinski definition) is 5. The maximum atomic E-state index is 14.7. The third kappa shape index (κ3) is 7.10. The monoisotopic (exact) mass is 541 g/mol. The minimum Gasteiger partial charge on any atom is -0.495 e. The number of amides is 2. The number of aryl methyl sites for hydroxylation is 1. The van der Waals surface area contributed by atoms with Crippen LogP contribution in [0, 0.1) is 12.7 Å². The van der Waals surface area contributed by atoms with Crippen molar-refractivity contribution in [3.63, 3.8) is 0 Å². The number of benzene rings is 3. The lowest BCUT2D eigenvalue weighted by Crippen LogP contribution is -2.53. The molecular formula is C28H32FN3O5S. The van der Waals surface area contributed by atoms with E-state index in [2.05, 4.69) is 5.32 Å². The summed E-state index contributed by atoms with van der Waals surface area (Å²) in [4.78, 5) is 28.2. The number of methoxy groups -OCH3 is 1. The van der Waals surface area contributed by atoms with E-state index in [9.17, 15) is 22.4 Å². The first kappa shape index (κ1) is 28.6. The topological polar surface area (TPSA) is 96.0 Å². The summed E-state index contributed by atoms with van der Waals surface area (Å²) in [6.45, 7) is 0.936. The molecule has 0 aromatic heterocycles. The van der Waals surface area contributed by atoms with Crippen molar-refractivity contribution >= 4 is 27.5 Å². The van der Waals surface area contributed by atoms with Crippen LogP contribution in [-0.2, 0) is 32.6 Å². The van der Waals surface area contributed by atoms with Crippen molar-refractivity contribution in [3.8, 4) is 5.75 Å². The Kier molecular flexibility index (Phi) is 9.46. The van der Waals surface area contributed by atoms with Gasteiger partial charge in [0.15, 0.2) is 0 Å². The number of likely N-dealkylation sites (N-methyl/N-ethyl adjacent to an activating group) is 1. The molecule has 3 aromatic rings. The van der Waals surface area contributed by atoms with E-state index >= 15 is 0 Å². The van der Waals surface area contributed by atoms with Gasteiger partial charge >= 0.3 is 0 Å². The maximum absolute atomic E-state index is 14.7. The van der Waals surface area contributed by atoms with Crippen LogP contribution in [0.15, 0.2) is 72.8 Å². The lowest BCUT2D eigenvalue weighted by Gasteiger charge is -2.33. The Morgan fingerprint density at radius 2 is 1.68 bits per heavy atom. The number of nitrogens with one attached hydrogen (secondary N) is 1. The highest BCUT2D eigenvalue weighted by molar-refractivity contribution is 7.92. The quantitative estimate of drug-likeness (QED) is 0.402. The number of carbonyl (C=O) groups excluding carboxylic acids is 2. The van der Waals surface area contributed by atoms with Gasteiger partial charge in [0, 0.05) is 25.6 Å². The molecule has 0 aliphatic heterocycles. The largest absolute Gasteiger partial charge is 0.495 e. The zero-order valence-electron chi connectivity index (χ0n) is 21.8. The molecule has 10 heteroatoms. The second-order valence-electron chi connectivity index (χ2n) is 8.88. The van der Waals surface area contributed by atoms with Gasteiger partial charge in [0.1, 0.15) is 24.2 Å². The summed E-state index contributed by atoms with van der Waals surface area (Å²) in [6.07, 6.45) is 1.14. The van der Waals surface area contributed by atoms with Gasteiger partial charge in [0.2, 0.25) is 21.8 Å². The SMILES string of the molecule is CNC(=O)[C@@H](Cc1ccccc1)N(Cc1ccccc1F)C(=O)CN(c1cc(C)ccc1OC)S(C)(=O)=O. The summed E-state index contributed by atoms with van der Waals surface area (Å²) in [5.74, 6) is -1.41. The molecule has 8 nitrogen and oxygen atoms in total. The fraction of sp³-hybridized carbons (Fsp3) is 0.286. The minimum atomic E-state index is -3.96. The maximum Gasteiger partial charge on any atom is 0.244 e. The van der Waals surface area contributed by atoms with Crippen molar-refractivity contribution in [2.45, 2.75) is 25.9 Å². The average molecular weight is 542 g/mol. The van der Waals surface area contributed by atoms with Gasteiger partial charge in [0.05, 0.1) is 19.1 Å². The van der Waals surface area contributed by atoms with E-state index in [-0.39, 0.29) is 30.0 Å². The van der Waals surface area contributed by atoms with Crippen LogP contribution in [0.2, 0.25) is 0 Å². The number of carbonyl (C=O) groups is 2. The molecule has 2 amide bonds. The molecule has 0 unspecified atom stereocenters. The number of ether oxygens (including phenoxy) is 1. The molecule has 0 saturated heterocycles. The first-order valence-corrected chi connectivity index (χ1v) is 13.8. The Balaban J connectivity index is 2.08. The Morgan fingerprint density at radius 1 is 1.03 bits per heavy atom. The number of halogens is 1. The Morgan fingerprint density at radius 3 is 2.29 bits per heavy atom. The fourth-order valence-electron chi connectivity index (χ4n) is 4.12. The Bertz CT molecular complexity index is 1380. The molecule has 1 N–H and O–H groups in total. The van der Waals surface area contributed by atoms with Gasteiger partial charge in [-0.15, -0.1) is 0 Å². The highest BCUT2D eigenvalue weighted by atomic mass is 32.2. The molecule has 0 radical (unpaired) electrons. The van der Waals surface area contributed by atoms with E-state index in [1.807, 2.05) is 30.3 Å². The van der Waals surface area contributed by atoms with Gasteiger partial charge in [0.25, 0.3) is 0 Å². The molecule has 0 aliphatic rings. The number of anilines is 1. The van der Waals surface area contributed by atoms with Crippen LogP contribution >= 0.6 is 0 Å². The third-order valence-corrected chi connectivity index (χ3v) is 7.22. The van der Waals surface area contributed by atoms with Crippen molar-refractivity contribution in [1.29, 1.82) is 0 Å². The molecule has 0 bridgehead atoms. The Labute approximate surface area is 223 Å². The summed E-state index contributed by atoms with van der Waals surface area (Å²) in [6, 6.07) is 19.0. The van der Waals surface area contributed by atoms with E-state index in [0.717, 1.165) is 21.7 Å². The molecule has 38 heavy (non-hydrogen) atoms. The predicted molar refractivity (Wildman–Crippen MR) is 145 cm³/mol. The number of nitrogens with zero attached hydrogens (tertiary/aromatic N) is 2. The number of rotatable bonds is 11. The van der Waals surface area contributed by atoms with Gasteiger partial charge in [-0.2, -0.15) is 0 Å². The van der Waals surface area contributed by atoms with Crippen LogP contribution in [-0.4, -0.2) is 58.1 Å². The molecule has 0 spiro atoms. The van der Waals surface area contributed by atoms with E-state index in [0.29, 0.717) is 0 Å². The summed E-state index contributed by atoms with van der Waals surface area (Å²) in [5, 5.41) is 2.58. The molecule has 3 rings (SSSR count). The molecule has 3 aromatic carbocycles. The van der Waals surface area contributed by atoms with Crippen LogP contribution < -0.4 is 14.4 Å². The van der Waals surface area contributed by atoms with Crippen LogP contribution in [0.25, 0.3) is 0 Å². The van der Waals surface area contributed by atoms with Gasteiger partial charge in [-0.3, -0.25) is 13.9 Å². The van der Waals surface area contributed by atoms with Crippen LogP contribution in [0.5, 0.6) is 5.75 Å². The van der Waals surface area contributed by atoms with Crippen molar-refractivity contribution in [1.82, 2.24) is 10.2 Å². The fourth-order valence-corrected chi connectivity index (χ4v) is 4.97. The molecule has 0 fully saturated rings. The van der Waals surface area contributed by atoms with Crippen LogP contribution in [0.3, 0.4) is 0 Å². The molecule has 202 valence electrons. The lowest BCUT2D eigenvalue weighted by atomic mass is 10.0. The molecule has 1 atom stereocenters. The first-order chi connectivity index (χ1) is 18.0. The second kappa shape index (κ2) is 12.6. The van der Waals surface area contributed by atoms with Crippen molar-refractivity contribution in [2.24, 2.45) is 0 Å². The molecule has 0 saturated carbocycles. The minimum absolute atomic E-state index is 0.146. The zero-order valence-corrected chi connectivity index (χ0v) is 22.7. The molecular weight excluding hydrogens is 509 g/mol. The highest BCUT2D eigenvalue weighted by Crippen LogP contribution is 2.31. The normalized spacial score (nSPS) is 11.9. The number of sulfonamides is 1. The van der Waals surface area contributed by atoms with Gasteiger partial charge in [-0.25, -0.2) is 12.8 Å². The van der Waals surface area contributed by atoms with Gasteiger partial charge in [-0.05, 0) is 36.2 Å². The predicted octanol–water partition coefficient (Wildman–Crippen LogP) is 3.29. The highest BCUT2D eigenvalue weighted by Gasteiger charge is 2.33. The van der Waals surface area contributed by atoms with E-state index in [4.69, 9.17) is 4.74 Å². The van der Waals surface area contributed by atoms with E-state index in [1.165, 1.54) is 37.3 Å². The lowest BCUT2D eigenvalue weighted by molar-refractivity contribution is -0.139. The summed E-state index contributed by atoms with van der Waals surface area (Å²) < 4.78 is 46.8. The van der Waals surface area contributed by atoms with Crippen molar-refractivity contribution in [2.75, 3.05) is 31.3 Å². The van der Waals surface area contributed by atoms with Crippen molar-refractivity contribution in [3.05, 3.63) is 95.3 Å². The molecule has 0 aliphatic carbocycles. The smallest absolute Gasteiger partial charge is 0.244 e. The van der Waals surface area contributed by atoms with Crippen LogP contribution in [0.4, 0.5) is 10.1 Å². The summed E-state index contributed by atoms with van der Waals surface area (Å²) in [7, 11) is -1.10. The number of hydrogen-bond donors (Lipinski definition) is 1. The van der Waals surface area contributed by atoms with Crippen LogP contribution in [0.1, 0.15) is 16.7 Å². The summed E-state index contributed by atoms with van der Waals surface area (Å²) >= 11 is 0. The standard InChI is InChI=1S/C28H32FN3O5S/c1-20-14-15-26(37-3)24(16-20)32(38(4,35)36)19-27(33)31(18-22-12-8-9-13-23(22)29)25(28(34)30-2)17-21-10-6-5-7-11-21/h5-16,25H,17-19H2,1-4H3,(H,30,34)/t25-/m1/s1. The van der Waals surface area contributed by atoms with E-state index < -0.39 is 40.2 Å². The third-order valence-electron chi connectivity index (χ3n) is 6.10. The summed E-state index contributed by atoms with van der Waals surface area (Å²) in [5.41, 5.74) is 1.93. The zero-order chi connectivity index (χ0) is 27.9. The second-order valence-corrected chi connectivity index (χ2v) is 10.8. The van der Waals surface area contributed by atoms with Gasteiger partial charge < -0.3 is 15.0 Å². The average Bonchev–Trinajstić information content (AvgIpc) is 2.89. The van der Waals surface area contributed by atoms with Crippen molar-refractivity contribution < 1.29 is 27.1 Å².